The number of ether oxygens (including phenoxy) is 1. The molecular weight excluding hydrogens is 238 g/mol. The Bertz CT molecular complexity index is 475. The second kappa shape index (κ2) is 5.47. The summed E-state index contributed by atoms with van der Waals surface area (Å²) in [5.74, 6) is 1.63. The summed E-state index contributed by atoms with van der Waals surface area (Å²) in [5.41, 5.74) is -0.153. The number of rotatable bonds is 1. The monoisotopic (exact) mass is 244 g/mol. The molecule has 1 aromatic carbocycles. The van der Waals surface area contributed by atoms with Crippen molar-refractivity contribution < 1.29 is 18.3 Å². The van der Waals surface area contributed by atoms with Crippen molar-refractivity contribution in [3.63, 3.8) is 0 Å². The molecule has 5 heteroatoms. The first-order valence-electron chi connectivity index (χ1n) is 4.38. The highest BCUT2D eigenvalue weighted by Gasteiger charge is 2.09. The SMILES string of the molecule is CCOC(=O)C#Cc1ccc(F)c(Cl)c1F. The average Bonchev–Trinajstić information content (AvgIpc) is 2.25. The molecule has 0 aliphatic carbocycles. The standard InChI is InChI=1S/C11H7ClF2O2/c1-2-16-9(15)6-4-7-3-5-8(13)10(12)11(7)14/h3,5H,2H2,1H3. The van der Waals surface area contributed by atoms with E-state index in [0.717, 1.165) is 12.1 Å². The van der Waals surface area contributed by atoms with Crippen LogP contribution < -0.4 is 0 Å². The third kappa shape index (κ3) is 2.94. The molecule has 2 nitrogen and oxygen atoms in total. The highest BCUT2D eigenvalue weighted by atomic mass is 35.5. The van der Waals surface area contributed by atoms with E-state index in [1.807, 2.05) is 0 Å². The van der Waals surface area contributed by atoms with Crippen molar-refractivity contribution in [2.75, 3.05) is 6.61 Å². The van der Waals surface area contributed by atoms with E-state index in [1.165, 1.54) is 0 Å². The Balaban J connectivity index is 2.98. The molecule has 1 rings (SSSR count). The lowest BCUT2D eigenvalue weighted by Crippen LogP contribution is -2.00. The maximum atomic E-state index is 13.3. The smallest absolute Gasteiger partial charge is 0.384 e. The Morgan fingerprint density at radius 3 is 2.81 bits per heavy atom. The predicted octanol–water partition coefficient (Wildman–Crippen LogP) is 2.53. The number of esters is 1. The topological polar surface area (TPSA) is 26.3 Å². The average molecular weight is 245 g/mol. The first-order chi connectivity index (χ1) is 7.56. The summed E-state index contributed by atoms with van der Waals surface area (Å²) in [4.78, 5) is 10.9. The Morgan fingerprint density at radius 2 is 2.19 bits per heavy atom. The number of halogens is 3. The van der Waals surface area contributed by atoms with Crippen LogP contribution in [0.25, 0.3) is 0 Å². The third-order valence-electron chi connectivity index (χ3n) is 1.61. The second-order valence-electron chi connectivity index (χ2n) is 2.69. The van der Waals surface area contributed by atoms with Crippen molar-refractivity contribution in [2.24, 2.45) is 0 Å². The normalized spacial score (nSPS) is 9.25. The molecule has 0 radical (unpaired) electrons. The van der Waals surface area contributed by atoms with Gasteiger partial charge in [-0.3, -0.25) is 0 Å². The van der Waals surface area contributed by atoms with Gasteiger partial charge in [-0.25, -0.2) is 13.6 Å². The van der Waals surface area contributed by atoms with E-state index >= 15 is 0 Å². The van der Waals surface area contributed by atoms with E-state index in [0.29, 0.717) is 0 Å². The summed E-state index contributed by atoms with van der Waals surface area (Å²) in [6.45, 7) is 1.80. The maximum Gasteiger partial charge on any atom is 0.384 e. The van der Waals surface area contributed by atoms with Crippen LogP contribution in [0.4, 0.5) is 8.78 Å². The summed E-state index contributed by atoms with van der Waals surface area (Å²) in [6, 6.07) is 2.07. The minimum Gasteiger partial charge on any atom is -0.456 e. The Kier molecular flexibility index (Phi) is 4.27. The van der Waals surface area contributed by atoms with Crippen LogP contribution in [0.2, 0.25) is 5.02 Å². The molecule has 1 aromatic rings. The van der Waals surface area contributed by atoms with E-state index in [4.69, 9.17) is 11.6 Å². The van der Waals surface area contributed by atoms with Gasteiger partial charge in [0.05, 0.1) is 12.2 Å². The molecule has 84 valence electrons. The zero-order chi connectivity index (χ0) is 12.1. The summed E-state index contributed by atoms with van der Waals surface area (Å²) in [5, 5.41) is -0.643. The summed E-state index contributed by atoms with van der Waals surface area (Å²) >= 11 is 5.33. The predicted molar refractivity (Wildman–Crippen MR) is 54.9 cm³/mol. The summed E-state index contributed by atoms with van der Waals surface area (Å²) < 4.78 is 30.6. The van der Waals surface area contributed by atoms with Gasteiger partial charge in [-0.1, -0.05) is 17.5 Å². The maximum absolute atomic E-state index is 13.3. The number of benzene rings is 1. The molecule has 0 N–H and O–H groups in total. The highest BCUT2D eigenvalue weighted by Crippen LogP contribution is 2.21. The van der Waals surface area contributed by atoms with Crippen LogP contribution in [0.3, 0.4) is 0 Å². The minimum absolute atomic E-state index is 0.153. The molecule has 0 heterocycles. The Morgan fingerprint density at radius 1 is 1.50 bits per heavy atom. The number of carbonyl (C=O) groups excluding carboxylic acids is 1. The molecule has 0 unspecified atom stereocenters. The largest absolute Gasteiger partial charge is 0.456 e. The van der Waals surface area contributed by atoms with Crippen molar-refractivity contribution in [3.8, 4) is 11.8 Å². The van der Waals surface area contributed by atoms with Gasteiger partial charge in [0, 0.05) is 5.92 Å². The fraction of sp³-hybridized carbons (Fsp3) is 0.182. The van der Waals surface area contributed by atoms with E-state index in [-0.39, 0.29) is 12.2 Å². The first kappa shape index (κ1) is 12.5. The van der Waals surface area contributed by atoms with Crippen LogP contribution in [-0.2, 0) is 9.53 Å². The third-order valence-corrected chi connectivity index (χ3v) is 1.96. The lowest BCUT2D eigenvalue weighted by Gasteiger charge is -1.98. The van der Waals surface area contributed by atoms with Crippen molar-refractivity contribution in [1.82, 2.24) is 0 Å². The lowest BCUT2D eigenvalue weighted by atomic mass is 10.2. The molecule has 16 heavy (non-hydrogen) atoms. The van der Waals surface area contributed by atoms with Gasteiger partial charge in [0.1, 0.15) is 10.8 Å². The van der Waals surface area contributed by atoms with Crippen LogP contribution in [0.1, 0.15) is 12.5 Å². The molecule has 0 aliphatic heterocycles. The highest BCUT2D eigenvalue weighted by molar-refractivity contribution is 6.31. The van der Waals surface area contributed by atoms with Gasteiger partial charge in [0.25, 0.3) is 0 Å². The van der Waals surface area contributed by atoms with Crippen LogP contribution >= 0.6 is 11.6 Å². The zero-order valence-corrected chi connectivity index (χ0v) is 9.07. The molecule has 0 saturated carbocycles. The molecule has 0 amide bonds. The van der Waals surface area contributed by atoms with Crippen molar-refractivity contribution in [1.29, 1.82) is 0 Å². The molecule has 0 atom stereocenters. The molecule has 0 aliphatic rings. The summed E-state index contributed by atoms with van der Waals surface area (Å²) in [6.07, 6.45) is 0. The van der Waals surface area contributed by atoms with E-state index in [9.17, 15) is 13.6 Å². The molecule has 0 saturated heterocycles. The van der Waals surface area contributed by atoms with Gasteiger partial charge in [0.2, 0.25) is 0 Å². The second-order valence-corrected chi connectivity index (χ2v) is 3.07. The molecule has 0 spiro atoms. The number of hydrogen-bond acceptors (Lipinski definition) is 2. The van der Waals surface area contributed by atoms with Gasteiger partial charge < -0.3 is 4.74 Å². The van der Waals surface area contributed by atoms with Crippen molar-refractivity contribution in [2.45, 2.75) is 6.92 Å². The van der Waals surface area contributed by atoms with Crippen molar-refractivity contribution in [3.05, 3.63) is 34.4 Å². The zero-order valence-electron chi connectivity index (χ0n) is 8.31. The van der Waals surface area contributed by atoms with E-state index in [2.05, 4.69) is 16.6 Å². The van der Waals surface area contributed by atoms with Crippen LogP contribution in [0.15, 0.2) is 12.1 Å². The van der Waals surface area contributed by atoms with E-state index in [1.54, 1.807) is 6.92 Å². The fourth-order valence-electron chi connectivity index (χ4n) is 0.908. The molecular formula is C11H7ClF2O2. The first-order valence-corrected chi connectivity index (χ1v) is 4.76. The van der Waals surface area contributed by atoms with Crippen LogP contribution in [0.5, 0.6) is 0 Å². The number of carbonyl (C=O) groups is 1. The van der Waals surface area contributed by atoms with E-state index < -0.39 is 22.6 Å². The molecule has 0 fully saturated rings. The number of hydrogen-bond donors (Lipinski definition) is 0. The van der Waals surface area contributed by atoms with Crippen LogP contribution in [-0.4, -0.2) is 12.6 Å². The fourth-order valence-corrected chi connectivity index (χ4v) is 1.07. The molecule has 0 bridgehead atoms. The molecule has 0 aromatic heterocycles. The quantitative estimate of drug-likeness (QED) is 0.431. The van der Waals surface area contributed by atoms with Gasteiger partial charge in [0.15, 0.2) is 5.82 Å². The van der Waals surface area contributed by atoms with Crippen LogP contribution in [0, 0.1) is 23.5 Å². The summed E-state index contributed by atoms with van der Waals surface area (Å²) in [7, 11) is 0. The van der Waals surface area contributed by atoms with Gasteiger partial charge in [-0.2, -0.15) is 0 Å². The minimum atomic E-state index is -0.988. The lowest BCUT2D eigenvalue weighted by molar-refractivity contribution is -0.136. The van der Waals surface area contributed by atoms with Gasteiger partial charge in [-0.15, -0.1) is 0 Å². The van der Waals surface area contributed by atoms with Crippen molar-refractivity contribution >= 4 is 17.6 Å². The van der Waals surface area contributed by atoms with Gasteiger partial charge in [-0.05, 0) is 19.1 Å². The van der Waals surface area contributed by atoms with Gasteiger partial charge >= 0.3 is 5.97 Å². The Hall–Kier alpha value is -1.60. The Labute approximate surface area is 96.2 Å².